The molecule has 0 saturated carbocycles. The van der Waals surface area contributed by atoms with E-state index in [2.05, 4.69) is 35.6 Å². The maximum Gasteiger partial charge on any atom is 0.143 e. The normalized spacial score (nSPS) is 35.0. The molecule has 74 valence electrons. The molecular weight excluding hydrogens is 172 g/mol. The van der Waals surface area contributed by atoms with Gasteiger partial charge in [0, 0.05) is 5.56 Å². The maximum atomic E-state index is 2.53. The Hall–Kier alpha value is -0.860. The number of nitrogens with one attached hydrogen (secondary N) is 1. The zero-order chi connectivity index (χ0) is 9.38. The lowest BCUT2D eigenvalue weighted by atomic mass is 10.2. The van der Waals surface area contributed by atoms with Crippen LogP contribution in [0.25, 0.3) is 0 Å². The standard InChI is InChI=1S/C12H16N2/c1-2-4-10(5-3-1)8-14-9-11-6-12(14)7-13-11/h1-5,11-13H,6-9H2/p+2/t11-,12-/m1/s1. The van der Waals surface area contributed by atoms with Crippen LogP contribution in [0, 0.1) is 0 Å². The van der Waals surface area contributed by atoms with Crippen molar-refractivity contribution in [3.05, 3.63) is 35.9 Å². The van der Waals surface area contributed by atoms with E-state index in [0.717, 1.165) is 12.1 Å². The third-order valence-electron chi connectivity index (χ3n) is 3.72. The summed E-state index contributed by atoms with van der Waals surface area (Å²) < 4.78 is 0. The summed E-state index contributed by atoms with van der Waals surface area (Å²) >= 11 is 0. The largest absolute Gasteiger partial charge is 0.334 e. The number of fused-ring (bicyclic) bond motifs is 2. The first-order valence-electron chi connectivity index (χ1n) is 5.63. The fourth-order valence-corrected chi connectivity index (χ4v) is 2.99. The van der Waals surface area contributed by atoms with Gasteiger partial charge in [-0.1, -0.05) is 30.3 Å². The van der Waals surface area contributed by atoms with E-state index in [0.29, 0.717) is 0 Å². The number of likely N-dealkylation sites (tertiary alicyclic amines) is 1. The Labute approximate surface area is 84.9 Å². The average Bonchev–Trinajstić information content (AvgIpc) is 2.81. The van der Waals surface area contributed by atoms with Crippen molar-refractivity contribution in [3.63, 3.8) is 0 Å². The first-order chi connectivity index (χ1) is 6.92. The number of benzene rings is 1. The van der Waals surface area contributed by atoms with E-state index in [1.165, 1.54) is 31.6 Å². The van der Waals surface area contributed by atoms with Crippen LogP contribution in [-0.2, 0) is 6.54 Å². The Morgan fingerprint density at radius 3 is 2.79 bits per heavy atom. The lowest BCUT2D eigenvalue weighted by Crippen LogP contribution is -3.19. The molecule has 1 unspecified atom stereocenters. The fraction of sp³-hybridized carbons (Fsp3) is 0.500. The molecule has 2 bridgehead atoms. The number of piperazine rings is 1. The van der Waals surface area contributed by atoms with Crippen LogP contribution in [-0.4, -0.2) is 25.2 Å². The number of nitrogens with two attached hydrogens (primary N) is 1. The Balaban J connectivity index is 1.69. The monoisotopic (exact) mass is 190 g/mol. The first kappa shape index (κ1) is 8.45. The number of hydrogen-bond acceptors (Lipinski definition) is 0. The molecule has 0 aliphatic carbocycles. The summed E-state index contributed by atoms with van der Waals surface area (Å²) in [6.07, 6.45) is 1.45. The van der Waals surface area contributed by atoms with Gasteiger partial charge in [-0.15, -0.1) is 0 Å². The van der Waals surface area contributed by atoms with E-state index in [4.69, 9.17) is 0 Å². The minimum atomic E-state index is 0.929. The summed E-state index contributed by atoms with van der Waals surface area (Å²) in [7, 11) is 0. The van der Waals surface area contributed by atoms with Crippen LogP contribution in [0.4, 0.5) is 0 Å². The van der Waals surface area contributed by atoms with Crippen LogP contribution >= 0.6 is 0 Å². The van der Waals surface area contributed by atoms with Gasteiger partial charge in [0.1, 0.15) is 31.7 Å². The molecule has 0 amide bonds. The van der Waals surface area contributed by atoms with Crippen LogP contribution in [0.15, 0.2) is 30.3 Å². The molecule has 2 saturated heterocycles. The van der Waals surface area contributed by atoms with E-state index < -0.39 is 0 Å². The van der Waals surface area contributed by atoms with Gasteiger partial charge in [-0.05, 0) is 0 Å². The van der Waals surface area contributed by atoms with Gasteiger partial charge in [0.2, 0.25) is 0 Å². The summed E-state index contributed by atoms with van der Waals surface area (Å²) in [4.78, 5) is 1.81. The molecule has 2 heteroatoms. The van der Waals surface area contributed by atoms with Crippen molar-refractivity contribution < 1.29 is 10.2 Å². The summed E-state index contributed by atoms with van der Waals surface area (Å²) in [5, 5.41) is 2.53. The molecule has 14 heavy (non-hydrogen) atoms. The smallest absolute Gasteiger partial charge is 0.143 e. The van der Waals surface area contributed by atoms with Crippen molar-refractivity contribution in [1.29, 1.82) is 0 Å². The molecule has 2 aliphatic rings. The van der Waals surface area contributed by atoms with E-state index in [9.17, 15) is 0 Å². The van der Waals surface area contributed by atoms with Crippen molar-refractivity contribution in [3.8, 4) is 0 Å². The highest BCUT2D eigenvalue weighted by Crippen LogP contribution is 2.04. The van der Waals surface area contributed by atoms with Crippen LogP contribution in [0.2, 0.25) is 0 Å². The fourth-order valence-electron chi connectivity index (χ4n) is 2.99. The SMILES string of the molecule is c1ccc(C[NH+]2C[C@H]3C[C@@H]2C[NH2+]3)cc1. The highest BCUT2D eigenvalue weighted by Gasteiger charge is 2.44. The third-order valence-corrected chi connectivity index (χ3v) is 3.72. The van der Waals surface area contributed by atoms with Gasteiger partial charge in [0.05, 0.1) is 6.42 Å². The number of quaternary nitrogens is 2. The van der Waals surface area contributed by atoms with E-state index >= 15 is 0 Å². The van der Waals surface area contributed by atoms with Crippen LogP contribution < -0.4 is 10.2 Å². The Bertz CT molecular complexity index is 309. The number of rotatable bonds is 2. The molecule has 2 aliphatic heterocycles. The molecule has 2 nitrogen and oxygen atoms in total. The molecule has 2 heterocycles. The molecule has 3 rings (SSSR count). The van der Waals surface area contributed by atoms with Crippen molar-refractivity contribution in [2.75, 3.05) is 13.1 Å². The second-order valence-electron chi connectivity index (χ2n) is 4.69. The first-order valence-corrected chi connectivity index (χ1v) is 5.63. The van der Waals surface area contributed by atoms with Crippen LogP contribution in [0.1, 0.15) is 12.0 Å². The molecule has 1 aromatic rings. The Morgan fingerprint density at radius 1 is 1.29 bits per heavy atom. The lowest BCUT2D eigenvalue weighted by molar-refractivity contribution is -0.963. The van der Waals surface area contributed by atoms with Gasteiger partial charge < -0.3 is 10.2 Å². The van der Waals surface area contributed by atoms with Crippen molar-refractivity contribution in [1.82, 2.24) is 0 Å². The van der Waals surface area contributed by atoms with Gasteiger partial charge in [-0.3, -0.25) is 0 Å². The highest BCUT2D eigenvalue weighted by atomic mass is 15.3. The molecule has 2 fully saturated rings. The van der Waals surface area contributed by atoms with E-state index in [1.54, 1.807) is 0 Å². The van der Waals surface area contributed by atoms with Gasteiger partial charge >= 0.3 is 0 Å². The second kappa shape index (κ2) is 3.37. The zero-order valence-electron chi connectivity index (χ0n) is 8.45. The van der Waals surface area contributed by atoms with E-state index in [1.807, 2.05) is 4.90 Å². The van der Waals surface area contributed by atoms with Gasteiger partial charge in [-0.2, -0.15) is 0 Å². The predicted molar refractivity (Wildman–Crippen MR) is 55.0 cm³/mol. The van der Waals surface area contributed by atoms with Gasteiger partial charge in [0.15, 0.2) is 0 Å². The predicted octanol–water partition coefficient (Wildman–Crippen LogP) is -1.21. The highest BCUT2D eigenvalue weighted by molar-refractivity contribution is 5.13. The van der Waals surface area contributed by atoms with Gasteiger partial charge in [0.25, 0.3) is 0 Å². The van der Waals surface area contributed by atoms with Crippen LogP contribution in [0.5, 0.6) is 0 Å². The molecule has 0 aromatic heterocycles. The van der Waals surface area contributed by atoms with Gasteiger partial charge in [-0.25, -0.2) is 0 Å². The zero-order valence-corrected chi connectivity index (χ0v) is 8.45. The maximum absolute atomic E-state index is 2.53. The summed E-state index contributed by atoms with van der Waals surface area (Å²) in [5.74, 6) is 0. The summed E-state index contributed by atoms with van der Waals surface area (Å²) in [6.45, 7) is 3.96. The average molecular weight is 190 g/mol. The minimum Gasteiger partial charge on any atom is -0.334 e. The lowest BCUT2D eigenvalue weighted by Gasteiger charge is -2.22. The topological polar surface area (TPSA) is 21.1 Å². The summed E-state index contributed by atoms with van der Waals surface area (Å²) in [5.41, 5.74) is 1.50. The Morgan fingerprint density at radius 2 is 2.14 bits per heavy atom. The molecule has 1 aromatic carbocycles. The third kappa shape index (κ3) is 1.45. The van der Waals surface area contributed by atoms with Crippen molar-refractivity contribution in [2.24, 2.45) is 0 Å². The van der Waals surface area contributed by atoms with Crippen molar-refractivity contribution in [2.45, 2.75) is 25.0 Å². The molecule has 0 radical (unpaired) electrons. The molecule has 3 N–H and O–H groups in total. The number of hydrogen-bond donors (Lipinski definition) is 2. The van der Waals surface area contributed by atoms with Crippen LogP contribution in [0.3, 0.4) is 0 Å². The molecular formula is C12H18N2+2. The quantitative estimate of drug-likeness (QED) is 0.584. The minimum absolute atomic E-state index is 0.929. The van der Waals surface area contributed by atoms with E-state index in [-0.39, 0.29) is 0 Å². The molecule has 3 atom stereocenters. The second-order valence-corrected chi connectivity index (χ2v) is 4.69. The Kier molecular flexibility index (Phi) is 2.03. The molecule has 0 spiro atoms. The summed E-state index contributed by atoms with van der Waals surface area (Å²) in [6, 6.07) is 12.8. The van der Waals surface area contributed by atoms with Crippen molar-refractivity contribution >= 4 is 0 Å².